The van der Waals surface area contributed by atoms with Crippen LogP contribution in [-0.2, 0) is 0 Å². The second-order valence-electron chi connectivity index (χ2n) is 3.72. The maximum absolute atomic E-state index is 10.9. The predicted molar refractivity (Wildman–Crippen MR) is 70.1 cm³/mol. The Bertz CT molecular complexity index is 581. The van der Waals surface area contributed by atoms with Crippen LogP contribution in [0.1, 0.15) is 16.1 Å². The molecule has 2 rings (SSSR count). The number of carbonyl (C=O) groups is 1. The molecule has 0 spiro atoms. The van der Waals surface area contributed by atoms with Crippen molar-refractivity contribution < 1.29 is 14.6 Å². The smallest absolute Gasteiger partial charge is 0.335 e. The van der Waals surface area contributed by atoms with Crippen LogP contribution in [0, 0.1) is 6.92 Å². The SMILES string of the molecule is Cc1ccc(Oc2cc(Br)cc(C(=O)O)c2)cn1. The second-order valence-corrected chi connectivity index (χ2v) is 4.63. The largest absolute Gasteiger partial charge is 0.478 e. The minimum atomic E-state index is -0.997. The van der Waals surface area contributed by atoms with Gasteiger partial charge in [0, 0.05) is 10.2 Å². The molecule has 0 amide bonds. The summed E-state index contributed by atoms with van der Waals surface area (Å²) in [5, 5.41) is 8.95. The minimum absolute atomic E-state index is 0.166. The van der Waals surface area contributed by atoms with Gasteiger partial charge in [-0.25, -0.2) is 4.79 Å². The Morgan fingerprint density at radius 2 is 2.06 bits per heavy atom. The van der Waals surface area contributed by atoms with Crippen LogP contribution in [0.2, 0.25) is 0 Å². The lowest BCUT2D eigenvalue weighted by Gasteiger charge is -2.07. The predicted octanol–water partition coefficient (Wildman–Crippen LogP) is 3.64. The maximum Gasteiger partial charge on any atom is 0.335 e. The van der Waals surface area contributed by atoms with Crippen molar-refractivity contribution in [3.63, 3.8) is 0 Å². The van der Waals surface area contributed by atoms with Crippen LogP contribution >= 0.6 is 15.9 Å². The number of carboxylic acids is 1. The van der Waals surface area contributed by atoms with Crippen molar-refractivity contribution in [3.8, 4) is 11.5 Å². The van der Waals surface area contributed by atoms with E-state index in [1.807, 2.05) is 13.0 Å². The fourth-order valence-electron chi connectivity index (χ4n) is 1.40. The zero-order chi connectivity index (χ0) is 13.1. The number of aryl methyl sites for hydroxylation is 1. The molecule has 1 aromatic heterocycles. The van der Waals surface area contributed by atoms with E-state index >= 15 is 0 Å². The molecule has 0 aliphatic heterocycles. The highest BCUT2D eigenvalue weighted by atomic mass is 79.9. The summed E-state index contributed by atoms with van der Waals surface area (Å²) in [5.41, 5.74) is 1.06. The molecule has 0 aliphatic carbocycles. The van der Waals surface area contributed by atoms with Gasteiger partial charge in [0.1, 0.15) is 11.5 Å². The van der Waals surface area contributed by atoms with Crippen molar-refractivity contribution in [2.75, 3.05) is 0 Å². The molecule has 0 atom stereocenters. The highest BCUT2D eigenvalue weighted by Crippen LogP contribution is 2.26. The van der Waals surface area contributed by atoms with Crippen molar-refractivity contribution in [2.24, 2.45) is 0 Å². The number of nitrogens with zero attached hydrogens (tertiary/aromatic N) is 1. The minimum Gasteiger partial charge on any atom is -0.478 e. The Morgan fingerprint density at radius 3 is 2.67 bits per heavy atom. The molecule has 1 N–H and O–H groups in total. The Hall–Kier alpha value is -1.88. The molecule has 5 heteroatoms. The zero-order valence-electron chi connectivity index (χ0n) is 9.55. The molecule has 2 aromatic rings. The molecule has 1 aromatic carbocycles. The van der Waals surface area contributed by atoms with Crippen molar-refractivity contribution in [1.29, 1.82) is 0 Å². The van der Waals surface area contributed by atoms with E-state index in [2.05, 4.69) is 20.9 Å². The van der Waals surface area contributed by atoms with Crippen LogP contribution in [0.15, 0.2) is 41.0 Å². The molecule has 0 bridgehead atoms. The normalized spacial score (nSPS) is 10.1. The van der Waals surface area contributed by atoms with E-state index in [0.717, 1.165) is 5.69 Å². The summed E-state index contributed by atoms with van der Waals surface area (Å²) < 4.78 is 6.20. The van der Waals surface area contributed by atoms with Gasteiger partial charge in [0.05, 0.1) is 11.8 Å². The first-order chi connectivity index (χ1) is 8.54. The summed E-state index contributed by atoms with van der Waals surface area (Å²) in [7, 11) is 0. The first-order valence-electron chi connectivity index (χ1n) is 5.19. The van der Waals surface area contributed by atoms with E-state index < -0.39 is 5.97 Å². The third-order valence-corrected chi connectivity index (χ3v) is 2.70. The monoisotopic (exact) mass is 307 g/mol. The summed E-state index contributed by atoms with van der Waals surface area (Å²) in [6, 6.07) is 8.29. The number of hydrogen-bond acceptors (Lipinski definition) is 3. The molecule has 0 saturated heterocycles. The Balaban J connectivity index is 2.28. The van der Waals surface area contributed by atoms with Crippen molar-refractivity contribution in [1.82, 2.24) is 4.98 Å². The van der Waals surface area contributed by atoms with Gasteiger partial charge >= 0.3 is 5.97 Å². The first kappa shape index (κ1) is 12.6. The van der Waals surface area contributed by atoms with E-state index in [1.165, 1.54) is 12.1 Å². The van der Waals surface area contributed by atoms with Crippen LogP contribution in [0.3, 0.4) is 0 Å². The lowest BCUT2D eigenvalue weighted by molar-refractivity contribution is 0.0696. The van der Waals surface area contributed by atoms with E-state index in [9.17, 15) is 4.79 Å². The Morgan fingerprint density at radius 1 is 1.28 bits per heavy atom. The summed E-state index contributed by atoms with van der Waals surface area (Å²) >= 11 is 3.25. The van der Waals surface area contributed by atoms with Crippen LogP contribution in [0.25, 0.3) is 0 Å². The van der Waals surface area contributed by atoms with Gasteiger partial charge < -0.3 is 9.84 Å². The van der Waals surface area contributed by atoms with Crippen molar-refractivity contribution in [2.45, 2.75) is 6.92 Å². The molecule has 0 fully saturated rings. The second kappa shape index (κ2) is 5.18. The molecule has 0 unspecified atom stereocenters. The Kier molecular flexibility index (Phi) is 3.62. The van der Waals surface area contributed by atoms with Crippen LogP contribution in [0.5, 0.6) is 11.5 Å². The van der Waals surface area contributed by atoms with E-state index in [1.54, 1.807) is 18.3 Å². The van der Waals surface area contributed by atoms with E-state index in [-0.39, 0.29) is 5.56 Å². The van der Waals surface area contributed by atoms with Crippen molar-refractivity contribution in [3.05, 3.63) is 52.3 Å². The van der Waals surface area contributed by atoms with Gasteiger partial charge in [-0.05, 0) is 37.3 Å². The third-order valence-electron chi connectivity index (χ3n) is 2.24. The lowest BCUT2D eigenvalue weighted by atomic mass is 10.2. The van der Waals surface area contributed by atoms with E-state index in [4.69, 9.17) is 9.84 Å². The topological polar surface area (TPSA) is 59.4 Å². The van der Waals surface area contributed by atoms with Crippen molar-refractivity contribution >= 4 is 21.9 Å². The summed E-state index contributed by atoms with van der Waals surface area (Å²) in [4.78, 5) is 15.0. The number of halogens is 1. The molecule has 1 heterocycles. The van der Waals surface area contributed by atoms with Crippen LogP contribution in [-0.4, -0.2) is 16.1 Å². The number of benzene rings is 1. The summed E-state index contributed by atoms with van der Waals surface area (Å²) in [5.74, 6) is 0.0191. The standard InChI is InChI=1S/C13H10BrNO3/c1-8-2-3-11(7-15-8)18-12-5-9(13(16)17)4-10(14)6-12/h2-7H,1H3,(H,16,17). The number of carboxylic acid groups (broad SMARTS) is 1. The van der Waals surface area contributed by atoms with Gasteiger partial charge in [0.2, 0.25) is 0 Å². The van der Waals surface area contributed by atoms with Gasteiger partial charge in [0.15, 0.2) is 0 Å². The first-order valence-corrected chi connectivity index (χ1v) is 5.98. The fraction of sp³-hybridized carbons (Fsp3) is 0.0769. The highest BCUT2D eigenvalue weighted by Gasteiger charge is 2.07. The summed E-state index contributed by atoms with van der Waals surface area (Å²) in [6.45, 7) is 1.88. The number of pyridine rings is 1. The summed E-state index contributed by atoms with van der Waals surface area (Å²) in [6.07, 6.45) is 1.59. The zero-order valence-corrected chi connectivity index (χ0v) is 11.1. The highest BCUT2D eigenvalue weighted by molar-refractivity contribution is 9.10. The van der Waals surface area contributed by atoms with Crippen LogP contribution < -0.4 is 4.74 Å². The molecule has 18 heavy (non-hydrogen) atoms. The number of hydrogen-bond donors (Lipinski definition) is 1. The van der Waals surface area contributed by atoms with Gasteiger partial charge in [0.25, 0.3) is 0 Å². The average molecular weight is 308 g/mol. The molecule has 92 valence electrons. The molecule has 4 nitrogen and oxygen atoms in total. The van der Waals surface area contributed by atoms with Gasteiger partial charge in [-0.1, -0.05) is 15.9 Å². The molecule has 0 saturated carbocycles. The fourth-order valence-corrected chi connectivity index (χ4v) is 1.87. The molecule has 0 radical (unpaired) electrons. The molecular weight excluding hydrogens is 298 g/mol. The quantitative estimate of drug-likeness (QED) is 0.940. The maximum atomic E-state index is 10.9. The lowest BCUT2D eigenvalue weighted by Crippen LogP contribution is -1.97. The molecule has 0 aliphatic rings. The average Bonchev–Trinajstić information content (AvgIpc) is 2.31. The number of ether oxygens (including phenoxy) is 1. The number of aromatic nitrogens is 1. The van der Waals surface area contributed by atoms with Gasteiger partial charge in [-0.15, -0.1) is 0 Å². The van der Waals surface area contributed by atoms with E-state index in [0.29, 0.717) is 16.0 Å². The molecular formula is C13H10BrNO3. The van der Waals surface area contributed by atoms with Crippen LogP contribution in [0.4, 0.5) is 0 Å². The third kappa shape index (κ3) is 3.07. The number of aromatic carboxylic acids is 1. The van der Waals surface area contributed by atoms with Gasteiger partial charge in [-0.3, -0.25) is 4.98 Å². The van der Waals surface area contributed by atoms with Gasteiger partial charge in [-0.2, -0.15) is 0 Å². The Labute approximate surface area is 112 Å². The number of rotatable bonds is 3.